The average Bonchev–Trinajstić information content (AvgIpc) is 2.65. The summed E-state index contributed by atoms with van der Waals surface area (Å²) in [5, 5.41) is 2.79. The predicted molar refractivity (Wildman–Crippen MR) is 111 cm³/mol. The van der Waals surface area contributed by atoms with Crippen LogP contribution in [0.2, 0.25) is 0 Å². The Morgan fingerprint density at radius 2 is 1.96 bits per heavy atom. The van der Waals surface area contributed by atoms with Gasteiger partial charge in [0, 0.05) is 18.7 Å². The van der Waals surface area contributed by atoms with Gasteiger partial charge in [-0.3, -0.25) is 14.5 Å². The number of benzene rings is 2. The lowest BCUT2D eigenvalue weighted by Crippen LogP contribution is -2.45. The fraction of sp³-hybridized carbons (Fsp3) is 0.286. The van der Waals surface area contributed by atoms with E-state index >= 15 is 0 Å². The molecule has 5 nitrogen and oxygen atoms in total. The number of aliphatic imine (C=N–C) groups is 1. The number of halogens is 1. The van der Waals surface area contributed by atoms with Gasteiger partial charge in [-0.05, 0) is 56.7 Å². The highest BCUT2D eigenvalue weighted by atomic mass is 32.2. The van der Waals surface area contributed by atoms with Crippen molar-refractivity contribution in [3.63, 3.8) is 0 Å². The lowest BCUT2D eigenvalue weighted by Gasteiger charge is -2.31. The van der Waals surface area contributed by atoms with Crippen LogP contribution in [-0.2, 0) is 9.59 Å². The molecule has 7 heteroatoms. The highest BCUT2D eigenvalue weighted by Crippen LogP contribution is 2.30. The maximum Gasteiger partial charge on any atom is 0.238 e. The van der Waals surface area contributed by atoms with Crippen molar-refractivity contribution in [3.05, 3.63) is 59.4 Å². The zero-order valence-electron chi connectivity index (χ0n) is 16.0. The molecule has 3 rings (SSSR count). The normalized spacial score (nSPS) is 18.4. The summed E-state index contributed by atoms with van der Waals surface area (Å²) in [7, 11) is 0. The first-order chi connectivity index (χ1) is 13.4. The lowest BCUT2D eigenvalue weighted by molar-refractivity contribution is -0.129. The number of nitrogens with one attached hydrogen (secondary N) is 1. The van der Waals surface area contributed by atoms with Crippen LogP contribution in [0.25, 0.3) is 0 Å². The number of amidine groups is 1. The van der Waals surface area contributed by atoms with E-state index in [9.17, 15) is 14.0 Å². The average molecular weight is 399 g/mol. The Morgan fingerprint density at radius 3 is 2.61 bits per heavy atom. The maximum atomic E-state index is 13.1. The molecule has 0 aromatic heterocycles. The summed E-state index contributed by atoms with van der Waals surface area (Å²) in [6.45, 7) is 6.24. The largest absolute Gasteiger partial charge is 0.325 e. The van der Waals surface area contributed by atoms with Crippen molar-refractivity contribution >= 4 is 40.1 Å². The molecular formula is C21H22FN3O2S. The Morgan fingerprint density at radius 1 is 1.25 bits per heavy atom. The fourth-order valence-electron chi connectivity index (χ4n) is 2.95. The molecule has 0 bridgehead atoms. The molecule has 1 heterocycles. The summed E-state index contributed by atoms with van der Waals surface area (Å²) in [6.07, 6.45) is 0.109. The number of anilines is 1. The molecule has 0 unspecified atom stereocenters. The Labute approximate surface area is 168 Å². The van der Waals surface area contributed by atoms with Crippen LogP contribution in [0.1, 0.15) is 24.5 Å². The molecule has 1 aliphatic rings. The molecule has 146 valence electrons. The number of nitrogens with zero attached hydrogens (tertiary/aromatic N) is 2. The number of carbonyl (C=O) groups is 2. The topological polar surface area (TPSA) is 61.8 Å². The van der Waals surface area contributed by atoms with Gasteiger partial charge < -0.3 is 5.32 Å². The Hall–Kier alpha value is -2.67. The molecule has 1 atom stereocenters. The zero-order valence-corrected chi connectivity index (χ0v) is 16.8. The van der Waals surface area contributed by atoms with Crippen LogP contribution >= 0.6 is 11.8 Å². The molecule has 0 aliphatic carbocycles. The van der Waals surface area contributed by atoms with Crippen molar-refractivity contribution < 1.29 is 14.0 Å². The van der Waals surface area contributed by atoms with E-state index in [1.165, 1.54) is 23.9 Å². The minimum absolute atomic E-state index is 0.109. The summed E-state index contributed by atoms with van der Waals surface area (Å²) in [4.78, 5) is 31.4. The number of rotatable bonds is 4. The number of carbonyl (C=O) groups excluding carboxylic acids is 2. The predicted octanol–water partition coefficient (Wildman–Crippen LogP) is 4.42. The van der Waals surface area contributed by atoms with Gasteiger partial charge in [-0.25, -0.2) is 9.38 Å². The number of aryl methyl sites for hydroxylation is 2. The van der Waals surface area contributed by atoms with E-state index in [2.05, 4.69) is 10.3 Å². The van der Waals surface area contributed by atoms with Crippen LogP contribution < -0.4 is 5.32 Å². The lowest BCUT2D eigenvalue weighted by atomic mass is 10.1. The minimum Gasteiger partial charge on any atom is -0.325 e. The van der Waals surface area contributed by atoms with Crippen LogP contribution in [0.3, 0.4) is 0 Å². The van der Waals surface area contributed by atoms with Gasteiger partial charge >= 0.3 is 0 Å². The number of hydrogen-bond donors (Lipinski definition) is 1. The van der Waals surface area contributed by atoms with Gasteiger partial charge in [-0.15, -0.1) is 0 Å². The van der Waals surface area contributed by atoms with Crippen molar-refractivity contribution in [1.29, 1.82) is 0 Å². The van der Waals surface area contributed by atoms with Gasteiger partial charge in [-0.1, -0.05) is 29.5 Å². The Kier molecular flexibility index (Phi) is 6.14. The third-order valence-corrected chi connectivity index (χ3v) is 5.63. The summed E-state index contributed by atoms with van der Waals surface area (Å²) in [5.74, 6) is -0.731. The van der Waals surface area contributed by atoms with E-state index in [1.54, 1.807) is 17.0 Å². The number of hydrogen-bond acceptors (Lipinski definition) is 4. The second-order valence-electron chi connectivity index (χ2n) is 6.63. The van der Waals surface area contributed by atoms with Gasteiger partial charge in [0.25, 0.3) is 0 Å². The smallest absolute Gasteiger partial charge is 0.238 e. The van der Waals surface area contributed by atoms with E-state index < -0.39 is 5.25 Å². The van der Waals surface area contributed by atoms with E-state index in [0.29, 0.717) is 17.4 Å². The van der Waals surface area contributed by atoms with Crippen LogP contribution in [0, 0.1) is 19.7 Å². The molecule has 0 radical (unpaired) electrons. The van der Waals surface area contributed by atoms with E-state index in [0.717, 1.165) is 16.8 Å². The van der Waals surface area contributed by atoms with Crippen LogP contribution in [0.4, 0.5) is 15.8 Å². The molecule has 1 saturated heterocycles. The number of amides is 2. The number of thioether (sulfide) groups is 1. The summed E-state index contributed by atoms with van der Waals surface area (Å²) < 4.78 is 13.1. The quantitative estimate of drug-likeness (QED) is 0.828. The maximum absolute atomic E-state index is 13.1. The molecule has 2 aromatic carbocycles. The molecule has 2 amide bonds. The fourth-order valence-corrected chi connectivity index (χ4v) is 4.11. The standard InChI is InChI=1S/C21H22FN3O2S/c1-4-25-19(26)12-18(20(27)24-17-10-5-13(2)11-14(17)3)28-21(25)23-16-8-6-15(22)7-9-16/h5-11,18H,4,12H2,1-3H3,(H,24,27)/t18-/m1/s1. The molecule has 28 heavy (non-hydrogen) atoms. The summed E-state index contributed by atoms with van der Waals surface area (Å²) in [6, 6.07) is 11.5. The first-order valence-corrected chi connectivity index (χ1v) is 9.94. The minimum atomic E-state index is -0.574. The van der Waals surface area contributed by atoms with Crippen molar-refractivity contribution in [1.82, 2.24) is 4.90 Å². The molecule has 1 aliphatic heterocycles. The van der Waals surface area contributed by atoms with Gasteiger partial charge in [0.1, 0.15) is 11.1 Å². The van der Waals surface area contributed by atoms with Gasteiger partial charge in [0.05, 0.1) is 5.69 Å². The third-order valence-electron chi connectivity index (χ3n) is 4.44. The van der Waals surface area contributed by atoms with E-state index in [-0.39, 0.29) is 24.1 Å². The van der Waals surface area contributed by atoms with Crippen molar-refractivity contribution in [2.45, 2.75) is 32.4 Å². The van der Waals surface area contributed by atoms with E-state index in [1.807, 2.05) is 39.0 Å². The van der Waals surface area contributed by atoms with Crippen molar-refractivity contribution in [3.8, 4) is 0 Å². The molecule has 0 saturated carbocycles. The molecule has 1 N–H and O–H groups in total. The van der Waals surface area contributed by atoms with E-state index in [4.69, 9.17) is 0 Å². The first-order valence-electron chi connectivity index (χ1n) is 9.06. The molecule has 1 fully saturated rings. The zero-order chi connectivity index (χ0) is 20.3. The second kappa shape index (κ2) is 8.56. The van der Waals surface area contributed by atoms with Crippen LogP contribution in [0.15, 0.2) is 47.5 Å². The molecule has 2 aromatic rings. The highest BCUT2D eigenvalue weighted by Gasteiger charge is 2.35. The summed E-state index contributed by atoms with van der Waals surface area (Å²) in [5.41, 5.74) is 3.35. The van der Waals surface area contributed by atoms with Crippen LogP contribution in [-0.4, -0.2) is 33.7 Å². The van der Waals surface area contributed by atoms with Gasteiger partial charge in [0.15, 0.2) is 5.17 Å². The summed E-state index contributed by atoms with van der Waals surface area (Å²) >= 11 is 1.25. The van der Waals surface area contributed by atoms with Gasteiger partial charge in [-0.2, -0.15) is 0 Å². The monoisotopic (exact) mass is 399 g/mol. The highest BCUT2D eigenvalue weighted by molar-refractivity contribution is 8.15. The SMILES string of the molecule is CCN1C(=O)C[C@H](C(=O)Nc2ccc(C)cc2C)SC1=Nc1ccc(F)cc1. The molecule has 0 spiro atoms. The van der Waals surface area contributed by atoms with Crippen LogP contribution in [0.5, 0.6) is 0 Å². The van der Waals surface area contributed by atoms with Crippen molar-refractivity contribution in [2.24, 2.45) is 4.99 Å². The Bertz CT molecular complexity index is 928. The first kappa shape index (κ1) is 20.1. The Balaban J connectivity index is 1.81. The van der Waals surface area contributed by atoms with Crippen molar-refractivity contribution in [2.75, 3.05) is 11.9 Å². The third kappa shape index (κ3) is 4.59. The second-order valence-corrected chi connectivity index (χ2v) is 7.80. The van der Waals surface area contributed by atoms with Gasteiger partial charge in [0.2, 0.25) is 11.8 Å². The molecular weight excluding hydrogens is 377 g/mol.